The minimum atomic E-state index is 0.686. The van der Waals surface area contributed by atoms with E-state index in [9.17, 15) is 4.79 Å². The van der Waals surface area contributed by atoms with Gasteiger partial charge in [0.1, 0.15) is 0 Å². The van der Waals surface area contributed by atoms with Gasteiger partial charge in [0.05, 0.1) is 17.7 Å². The lowest BCUT2D eigenvalue weighted by molar-refractivity contribution is 0.112. The molecule has 0 saturated heterocycles. The van der Waals surface area contributed by atoms with Crippen molar-refractivity contribution < 1.29 is 4.79 Å². The zero-order valence-corrected chi connectivity index (χ0v) is 11.7. The maximum atomic E-state index is 11.0. The number of halogens is 1. The van der Waals surface area contributed by atoms with Gasteiger partial charge in [0.25, 0.3) is 0 Å². The molecule has 0 spiro atoms. The van der Waals surface area contributed by atoms with Gasteiger partial charge in [0.2, 0.25) is 0 Å². The Balaban J connectivity index is 2.26. The van der Waals surface area contributed by atoms with Crippen LogP contribution >= 0.6 is 27.3 Å². The van der Waals surface area contributed by atoms with Crippen LogP contribution in [0.25, 0.3) is 0 Å². The number of carbonyl (C=O) groups is 1. The van der Waals surface area contributed by atoms with Gasteiger partial charge in [-0.3, -0.25) is 4.79 Å². The SMILES string of the molecule is CN(Cc1cscn1)c1cc(Br)ccc1C=O. The van der Waals surface area contributed by atoms with Crippen LogP contribution in [0, 0.1) is 0 Å². The number of hydrogen-bond acceptors (Lipinski definition) is 4. The molecule has 2 rings (SSSR count). The quantitative estimate of drug-likeness (QED) is 0.812. The molecular formula is C12H11BrN2OS. The van der Waals surface area contributed by atoms with Gasteiger partial charge in [0.15, 0.2) is 6.29 Å². The fourth-order valence-corrected chi connectivity index (χ4v) is 2.49. The van der Waals surface area contributed by atoms with Crippen LogP contribution in [-0.4, -0.2) is 18.3 Å². The molecule has 1 aromatic heterocycles. The standard InChI is InChI=1S/C12H11BrN2OS/c1-15(5-11-7-17-8-14-11)12-4-10(13)3-2-9(12)6-16/h2-4,6-8H,5H2,1H3. The predicted octanol–water partition coefficient (Wildman–Crippen LogP) is 3.35. The number of thiazole rings is 1. The molecule has 0 fully saturated rings. The number of nitrogens with zero attached hydrogens (tertiary/aromatic N) is 2. The molecule has 0 atom stereocenters. The highest BCUT2D eigenvalue weighted by Crippen LogP contribution is 2.24. The van der Waals surface area contributed by atoms with E-state index < -0.39 is 0 Å². The summed E-state index contributed by atoms with van der Waals surface area (Å²) in [6.45, 7) is 0.695. The van der Waals surface area contributed by atoms with Crippen LogP contribution in [0.15, 0.2) is 33.6 Å². The highest BCUT2D eigenvalue weighted by Gasteiger charge is 2.09. The van der Waals surface area contributed by atoms with Crippen LogP contribution < -0.4 is 4.90 Å². The number of rotatable bonds is 4. The lowest BCUT2D eigenvalue weighted by Gasteiger charge is -2.20. The van der Waals surface area contributed by atoms with E-state index >= 15 is 0 Å². The number of hydrogen-bond donors (Lipinski definition) is 0. The van der Waals surface area contributed by atoms with Crippen LogP contribution in [0.2, 0.25) is 0 Å². The maximum Gasteiger partial charge on any atom is 0.152 e. The Labute approximate surface area is 112 Å². The van der Waals surface area contributed by atoms with Gasteiger partial charge in [-0.25, -0.2) is 4.98 Å². The first-order valence-corrected chi connectivity index (χ1v) is 6.77. The lowest BCUT2D eigenvalue weighted by atomic mass is 10.2. The molecule has 2 aromatic rings. The predicted molar refractivity (Wildman–Crippen MR) is 73.8 cm³/mol. The highest BCUT2D eigenvalue weighted by atomic mass is 79.9. The number of benzene rings is 1. The highest BCUT2D eigenvalue weighted by molar-refractivity contribution is 9.10. The molecule has 17 heavy (non-hydrogen) atoms. The van der Waals surface area contributed by atoms with Crippen LogP contribution in [0.5, 0.6) is 0 Å². The summed E-state index contributed by atoms with van der Waals surface area (Å²) >= 11 is 4.99. The van der Waals surface area contributed by atoms with E-state index in [1.807, 2.05) is 41.0 Å². The number of anilines is 1. The van der Waals surface area contributed by atoms with Gasteiger partial charge in [0, 0.05) is 28.2 Å². The molecule has 0 aliphatic heterocycles. The summed E-state index contributed by atoms with van der Waals surface area (Å²) in [5, 5.41) is 2.01. The summed E-state index contributed by atoms with van der Waals surface area (Å²) in [6, 6.07) is 5.62. The fraction of sp³-hybridized carbons (Fsp3) is 0.167. The van der Waals surface area contributed by atoms with Crippen LogP contribution in [0.1, 0.15) is 16.1 Å². The molecule has 1 heterocycles. The Morgan fingerprint density at radius 3 is 3.00 bits per heavy atom. The Morgan fingerprint density at radius 1 is 1.53 bits per heavy atom. The van der Waals surface area contributed by atoms with E-state index in [1.54, 1.807) is 11.3 Å². The second-order valence-electron chi connectivity index (χ2n) is 3.66. The molecule has 5 heteroatoms. The zero-order chi connectivity index (χ0) is 12.3. The molecular weight excluding hydrogens is 300 g/mol. The average Bonchev–Trinajstić information content (AvgIpc) is 2.81. The summed E-state index contributed by atoms with van der Waals surface area (Å²) in [5.74, 6) is 0. The smallest absolute Gasteiger partial charge is 0.152 e. The first-order chi connectivity index (χ1) is 8.20. The molecule has 0 unspecified atom stereocenters. The van der Waals surface area contributed by atoms with Gasteiger partial charge in [-0.05, 0) is 18.2 Å². The largest absolute Gasteiger partial charge is 0.368 e. The van der Waals surface area contributed by atoms with E-state index in [0.29, 0.717) is 12.1 Å². The molecule has 88 valence electrons. The van der Waals surface area contributed by atoms with Crippen molar-refractivity contribution in [2.75, 3.05) is 11.9 Å². The van der Waals surface area contributed by atoms with E-state index in [-0.39, 0.29) is 0 Å². The van der Waals surface area contributed by atoms with Crippen molar-refractivity contribution in [3.8, 4) is 0 Å². The van der Waals surface area contributed by atoms with E-state index in [4.69, 9.17) is 0 Å². The molecule has 0 amide bonds. The summed E-state index contributed by atoms with van der Waals surface area (Å²) in [6.07, 6.45) is 0.874. The van der Waals surface area contributed by atoms with Gasteiger partial charge >= 0.3 is 0 Å². The molecule has 0 aliphatic rings. The Hall–Kier alpha value is -1.20. The molecule has 1 aromatic carbocycles. The van der Waals surface area contributed by atoms with Gasteiger partial charge in [-0.15, -0.1) is 11.3 Å². The van der Waals surface area contributed by atoms with Crippen molar-refractivity contribution in [2.45, 2.75) is 6.54 Å². The summed E-state index contributed by atoms with van der Waals surface area (Å²) < 4.78 is 0.961. The zero-order valence-electron chi connectivity index (χ0n) is 9.26. The van der Waals surface area contributed by atoms with Crippen molar-refractivity contribution in [3.05, 3.63) is 44.8 Å². The van der Waals surface area contributed by atoms with Crippen LogP contribution in [0.4, 0.5) is 5.69 Å². The Kier molecular flexibility index (Phi) is 3.91. The molecule has 3 nitrogen and oxygen atoms in total. The van der Waals surface area contributed by atoms with Crippen molar-refractivity contribution in [1.82, 2.24) is 4.98 Å². The van der Waals surface area contributed by atoms with E-state index in [2.05, 4.69) is 20.9 Å². The Morgan fingerprint density at radius 2 is 2.35 bits per heavy atom. The fourth-order valence-electron chi connectivity index (χ4n) is 1.59. The second-order valence-corrected chi connectivity index (χ2v) is 5.29. The minimum absolute atomic E-state index is 0.686. The van der Waals surface area contributed by atoms with E-state index in [1.165, 1.54) is 0 Å². The first kappa shape index (κ1) is 12.3. The number of aromatic nitrogens is 1. The summed E-state index contributed by atoms with van der Waals surface area (Å²) in [5.41, 5.74) is 4.41. The minimum Gasteiger partial charge on any atom is -0.368 e. The first-order valence-electron chi connectivity index (χ1n) is 5.03. The molecule has 0 radical (unpaired) electrons. The van der Waals surface area contributed by atoms with Gasteiger partial charge < -0.3 is 4.90 Å². The normalized spacial score (nSPS) is 10.2. The Bertz CT molecular complexity index is 513. The van der Waals surface area contributed by atoms with Crippen molar-refractivity contribution >= 4 is 39.2 Å². The third-order valence-electron chi connectivity index (χ3n) is 2.41. The molecule has 0 aliphatic carbocycles. The van der Waals surface area contributed by atoms with Crippen LogP contribution in [-0.2, 0) is 6.54 Å². The number of carbonyl (C=O) groups excluding carboxylic acids is 1. The summed E-state index contributed by atoms with van der Waals surface area (Å²) in [7, 11) is 1.95. The molecule has 0 N–H and O–H groups in total. The number of aldehydes is 1. The lowest BCUT2D eigenvalue weighted by Crippen LogP contribution is -2.18. The monoisotopic (exact) mass is 310 g/mol. The van der Waals surface area contributed by atoms with Crippen molar-refractivity contribution in [1.29, 1.82) is 0 Å². The summed E-state index contributed by atoms with van der Waals surface area (Å²) in [4.78, 5) is 17.2. The van der Waals surface area contributed by atoms with Crippen molar-refractivity contribution in [2.24, 2.45) is 0 Å². The molecule has 0 bridgehead atoms. The third kappa shape index (κ3) is 2.92. The maximum absolute atomic E-state index is 11.0. The van der Waals surface area contributed by atoms with Gasteiger partial charge in [-0.2, -0.15) is 0 Å². The van der Waals surface area contributed by atoms with E-state index in [0.717, 1.165) is 22.1 Å². The van der Waals surface area contributed by atoms with Crippen molar-refractivity contribution in [3.63, 3.8) is 0 Å². The van der Waals surface area contributed by atoms with Gasteiger partial charge in [-0.1, -0.05) is 15.9 Å². The topological polar surface area (TPSA) is 33.2 Å². The third-order valence-corrected chi connectivity index (χ3v) is 3.54. The average molecular weight is 311 g/mol. The molecule has 0 saturated carbocycles. The second kappa shape index (κ2) is 5.42. The van der Waals surface area contributed by atoms with Crippen LogP contribution in [0.3, 0.4) is 0 Å².